The molecule has 5 heteroatoms. The molecule has 2 rings (SSSR count). The fourth-order valence-corrected chi connectivity index (χ4v) is 2.01. The molecule has 1 amide bonds. The molecule has 1 N–H and O–H groups in total. The third-order valence-corrected chi connectivity index (χ3v) is 3.06. The number of hydrogen-bond acceptors (Lipinski definition) is 4. The van der Waals surface area contributed by atoms with Crippen molar-refractivity contribution < 1.29 is 14.3 Å². The number of amides is 1. The van der Waals surface area contributed by atoms with Crippen LogP contribution in [-0.4, -0.2) is 19.1 Å². The summed E-state index contributed by atoms with van der Waals surface area (Å²) >= 11 is 0. The molecule has 0 aromatic heterocycles. The second kappa shape index (κ2) is 6.80. The van der Waals surface area contributed by atoms with Crippen molar-refractivity contribution in [3.05, 3.63) is 18.2 Å². The summed E-state index contributed by atoms with van der Waals surface area (Å²) in [5.41, 5.74) is 0.621. The highest BCUT2D eigenvalue weighted by Crippen LogP contribution is 2.32. The zero-order valence-electron chi connectivity index (χ0n) is 11.5. The number of nitrogens with one attached hydrogen (secondary N) is 1. The lowest BCUT2D eigenvalue weighted by Gasteiger charge is -2.12. The first-order valence-electron chi connectivity index (χ1n) is 6.84. The summed E-state index contributed by atoms with van der Waals surface area (Å²) in [6, 6.07) is 7.29. The molecule has 1 atom stereocenters. The normalized spacial score (nSPS) is 14.8. The van der Waals surface area contributed by atoms with Gasteiger partial charge in [0.25, 0.3) is 0 Å². The van der Waals surface area contributed by atoms with Crippen molar-refractivity contribution in [1.82, 2.24) is 0 Å². The molecular formula is C15H18N2O3. The zero-order chi connectivity index (χ0) is 14.4. The Hall–Kier alpha value is -2.22. The van der Waals surface area contributed by atoms with Gasteiger partial charge in [-0.3, -0.25) is 4.79 Å². The van der Waals surface area contributed by atoms with Crippen LogP contribution >= 0.6 is 0 Å². The van der Waals surface area contributed by atoms with Crippen molar-refractivity contribution in [2.45, 2.75) is 26.2 Å². The average Bonchev–Trinajstić information content (AvgIpc) is 2.69. The number of nitrogens with zero attached hydrogens (tertiary/aromatic N) is 1. The Morgan fingerprint density at radius 2 is 2.15 bits per heavy atom. The Balaban J connectivity index is 2.08. The minimum absolute atomic E-state index is 0.274. The van der Waals surface area contributed by atoms with Crippen LogP contribution in [0.4, 0.5) is 5.69 Å². The predicted molar refractivity (Wildman–Crippen MR) is 74.7 cm³/mol. The highest BCUT2D eigenvalue weighted by molar-refractivity contribution is 5.94. The fraction of sp³-hybridized carbons (Fsp3) is 0.467. The van der Waals surface area contributed by atoms with Crippen LogP contribution in [0.1, 0.15) is 26.2 Å². The van der Waals surface area contributed by atoms with Crippen LogP contribution in [-0.2, 0) is 4.79 Å². The molecule has 0 spiro atoms. The molecule has 1 aromatic carbocycles. The molecule has 5 nitrogen and oxygen atoms in total. The molecule has 1 aromatic rings. The number of nitriles is 1. The third kappa shape index (κ3) is 3.41. The highest BCUT2D eigenvalue weighted by atomic mass is 16.5. The van der Waals surface area contributed by atoms with Gasteiger partial charge in [0.15, 0.2) is 11.5 Å². The molecule has 1 heterocycles. The Kier molecular flexibility index (Phi) is 4.83. The molecule has 0 bridgehead atoms. The zero-order valence-corrected chi connectivity index (χ0v) is 11.5. The summed E-state index contributed by atoms with van der Waals surface area (Å²) in [5, 5.41) is 11.7. The van der Waals surface area contributed by atoms with Gasteiger partial charge in [-0.1, -0.05) is 13.3 Å². The third-order valence-electron chi connectivity index (χ3n) is 3.06. The first kappa shape index (κ1) is 14.2. The fourth-order valence-electron chi connectivity index (χ4n) is 2.01. The van der Waals surface area contributed by atoms with E-state index >= 15 is 0 Å². The lowest BCUT2D eigenvalue weighted by Crippen LogP contribution is -2.21. The first-order chi connectivity index (χ1) is 9.74. The smallest absolute Gasteiger partial charge is 0.241 e. The van der Waals surface area contributed by atoms with Crippen LogP contribution in [0.15, 0.2) is 18.2 Å². The summed E-state index contributed by atoms with van der Waals surface area (Å²) in [5.74, 6) is 0.426. The monoisotopic (exact) mass is 274 g/mol. The maximum Gasteiger partial charge on any atom is 0.241 e. The van der Waals surface area contributed by atoms with Gasteiger partial charge in [-0.25, -0.2) is 0 Å². The summed E-state index contributed by atoms with van der Waals surface area (Å²) in [6.07, 6.45) is 2.20. The highest BCUT2D eigenvalue weighted by Gasteiger charge is 2.18. The number of hydrogen-bond donors (Lipinski definition) is 1. The number of ether oxygens (including phenoxy) is 2. The van der Waals surface area contributed by atoms with E-state index in [9.17, 15) is 4.79 Å². The molecule has 0 fully saturated rings. The average molecular weight is 274 g/mol. The van der Waals surface area contributed by atoms with Gasteiger partial charge in [0.2, 0.25) is 5.91 Å². The molecule has 20 heavy (non-hydrogen) atoms. The first-order valence-corrected chi connectivity index (χ1v) is 6.84. The number of carbonyl (C=O) groups is 1. The van der Waals surface area contributed by atoms with Crippen LogP contribution in [0.5, 0.6) is 11.5 Å². The van der Waals surface area contributed by atoms with E-state index in [2.05, 4.69) is 5.32 Å². The van der Waals surface area contributed by atoms with Gasteiger partial charge in [-0.05, 0) is 18.6 Å². The van der Waals surface area contributed by atoms with Gasteiger partial charge in [0.05, 0.1) is 19.3 Å². The maximum absolute atomic E-state index is 12.0. The minimum atomic E-state index is -0.615. The summed E-state index contributed by atoms with van der Waals surface area (Å²) < 4.78 is 11.1. The summed E-state index contributed by atoms with van der Waals surface area (Å²) in [6.45, 7) is 3.18. The minimum Gasteiger partial charge on any atom is -0.490 e. The van der Waals surface area contributed by atoms with Crippen LogP contribution in [0.25, 0.3) is 0 Å². The number of rotatable bonds is 4. The van der Waals surface area contributed by atoms with Gasteiger partial charge >= 0.3 is 0 Å². The van der Waals surface area contributed by atoms with Gasteiger partial charge in [-0.15, -0.1) is 0 Å². The van der Waals surface area contributed by atoms with Gasteiger partial charge in [0.1, 0.15) is 5.92 Å². The lowest BCUT2D eigenvalue weighted by atomic mass is 10.0. The van der Waals surface area contributed by atoms with E-state index in [1.807, 2.05) is 13.0 Å². The van der Waals surface area contributed by atoms with E-state index in [1.54, 1.807) is 18.2 Å². The quantitative estimate of drug-likeness (QED) is 0.916. The predicted octanol–water partition coefficient (Wildman–Crippen LogP) is 2.73. The standard InChI is InChI=1S/C15H18N2O3/c1-2-4-11(10-16)15(18)17-12-5-6-13-14(9-12)20-8-3-7-19-13/h5-6,9,11H,2-4,7-8H2,1H3,(H,17,18). The molecular weight excluding hydrogens is 256 g/mol. The van der Waals surface area contributed by atoms with Crippen molar-refractivity contribution in [2.75, 3.05) is 18.5 Å². The van der Waals surface area contributed by atoms with Gasteiger partial charge in [-0.2, -0.15) is 5.26 Å². The summed E-state index contributed by atoms with van der Waals surface area (Å²) in [7, 11) is 0. The van der Waals surface area contributed by atoms with E-state index in [0.717, 1.165) is 12.8 Å². The van der Waals surface area contributed by atoms with Gasteiger partial charge in [0, 0.05) is 18.2 Å². The van der Waals surface area contributed by atoms with Crippen molar-refractivity contribution in [3.8, 4) is 17.6 Å². The topological polar surface area (TPSA) is 71.4 Å². The summed E-state index contributed by atoms with van der Waals surface area (Å²) in [4.78, 5) is 12.0. The Morgan fingerprint density at radius 1 is 1.40 bits per heavy atom. The number of carbonyl (C=O) groups excluding carboxylic acids is 1. The molecule has 1 aliphatic heterocycles. The van der Waals surface area contributed by atoms with Crippen LogP contribution in [0.2, 0.25) is 0 Å². The molecule has 0 radical (unpaired) electrons. The maximum atomic E-state index is 12.0. The largest absolute Gasteiger partial charge is 0.490 e. The number of anilines is 1. The molecule has 0 saturated heterocycles. The Morgan fingerprint density at radius 3 is 2.85 bits per heavy atom. The molecule has 1 aliphatic rings. The van der Waals surface area contributed by atoms with Crippen molar-refractivity contribution >= 4 is 11.6 Å². The van der Waals surface area contributed by atoms with Crippen LogP contribution < -0.4 is 14.8 Å². The number of fused-ring (bicyclic) bond motifs is 1. The Labute approximate surface area is 118 Å². The lowest BCUT2D eigenvalue weighted by molar-refractivity contribution is -0.118. The van der Waals surface area contributed by atoms with Crippen molar-refractivity contribution in [1.29, 1.82) is 5.26 Å². The van der Waals surface area contributed by atoms with Crippen molar-refractivity contribution in [3.63, 3.8) is 0 Å². The molecule has 1 unspecified atom stereocenters. The van der Waals surface area contributed by atoms with E-state index in [-0.39, 0.29) is 5.91 Å². The van der Waals surface area contributed by atoms with E-state index < -0.39 is 5.92 Å². The van der Waals surface area contributed by atoms with Crippen LogP contribution in [0, 0.1) is 17.2 Å². The second-order valence-corrected chi connectivity index (χ2v) is 4.67. The van der Waals surface area contributed by atoms with E-state index in [4.69, 9.17) is 14.7 Å². The molecule has 106 valence electrons. The Bertz CT molecular complexity index is 522. The van der Waals surface area contributed by atoms with E-state index in [0.29, 0.717) is 36.8 Å². The van der Waals surface area contributed by atoms with Crippen LogP contribution in [0.3, 0.4) is 0 Å². The van der Waals surface area contributed by atoms with Crippen molar-refractivity contribution in [2.24, 2.45) is 5.92 Å². The molecule has 0 aliphatic carbocycles. The molecule has 0 saturated carbocycles. The SMILES string of the molecule is CCCC(C#N)C(=O)Nc1ccc2c(c1)OCCCO2. The van der Waals surface area contributed by atoms with Gasteiger partial charge < -0.3 is 14.8 Å². The number of benzene rings is 1. The van der Waals surface area contributed by atoms with E-state index in [1.165, 1.54) is 0 Å². The second-order valence-electron chi connectivity index (χ2n) is 4.67.